The zero-order valence-electron chi connectivity index (χ0n) is 16.4. The summed E-state index contributed by atoms with van der Waals surface area (Å²) in [6.45, 7) is 3.10. The average Bonchev–Trinajstić information content (AvgIpc) is 2.59. The van der Waals surface area contributed by atoms with E-state index < -0.39 is 0 Å². The van der Waals surface area contributed by atoms with E-state index in [2.05, 4.69) is 23.8 Å². The van der Waals surface area contributed by atoms with Gasteiger partial charge in [0.05, 0.1) is 13.7 Å². The number of methoxy groups -OCH3 is 2. The first kappa shape index (κ1) is 23.2. The van der Waals surface area contributed by atoms with Crippen molar-refractivity contribution in [3.05, 3.63) is 12.2 Å². The van der Waals surface area contributed by atoms with Gasteiger partial charge in [0.15, 0.2) is 0 Å². The minimum Gasteiger partial charge on any atom is -0.469 e. The quantitative estimate of drug-likeness (QED) is 0.183. The summed E-state index contributed by atoms with van der Waals surface area (Å²) in [7, 11) is 3.25. The van der Waals surface area contributed by atoms with Crippen LogP contribution in [0.4, 0.5) is 0 Å². The topological polar surface area (TPSA) is 35.5 Å². The summed E-state index contributed by atoms with van der Waals surface area (Å²) in [4.78, 5) is 11.0. The van der Waals surface area contributed by atoms with Crippen molar-refractivity contribution in [1.29, 1.82) is 0 Å². The molecule has 142 valence electrons. The number of esters is 1. The van der Waals surface area contributed by atoms with E-state index in [9.17, 15) is 4.79 Å². The monoisotopic (exact) mass is 340 g/mol. The van der Waals surface area contributed by atoms with Gasteiger partial charge in [-0.1, -0.05) is 70.4 Å². The maximum Gasteiger partial charge on any atom is 0.305 e. The van der Waals surface area contributed by atoms with Gasteiger partial charge in [0, 0.05) is 19.4 Å². The Morgan fingerprint density at radius 3 is 2.29 bits per heavy atom. The molecule has 0 saturated heterocycles. The number of hydrogen-bond donors (Lipinski definition) is 0. The summed E-state index contributed by atoms with van der Waals surface area (Å²) in [5, 5.41) is 0. The molecule has 0 aliphatic heterocycles. The lowest BCUT2D eigenvalue weighted by Crippen LogP contribution is -2.05. The van der Waals surface area contributed by atoms with Crippen LogP contribution in [-0.2, 0) is 14.3 Å². The van der Waals surface area contributed by atoms with E-state index in [1.165, 1.54) is 64.9 Å². The van der Waals surface area contributed by atoms with Gasteiger partial charge in [-0.3, -0.25) is 4.79 Å². The number of unbranched alkanes of at least 4 members (excludes halogenated alkanes) is 9. The number of ether oxygens (including phenoxy) is 2. The molecule has 0 aromatic rings. The van der Waals surface area contributed by atoms with Crippen LogP contribution >= 0.6 is 0 Å². The number of carbonyl (C=O) groups excluding carboxylic acids is 1. The fourth-order valence-corrected chi connectivity index (χ4v) is 2.91. The highest BCUT2D eigenvalue weighted by molar-refractivity contribution is 5.68. The first-order valence-electron chi connectivity index (χ1n) is 9.97. The predicted octanol–water partition coefficient (Wildman–Crippen LogP) is 6.07. The fraction of sp³-hybridized carbons (Fsp3) is 0.857. The number of allylic oxidation sites excluding steroid dienone is 1. The average molecular weight is 341 g/mol. The Labute approximate surface area is 150 Å². The van der Waals surface area contributed by atoms with Crippen LogP contribution in [0, 0.1) is 5.92 Å². The van der Waals surface area contributed by atoms with E-state index in [-0.39, 0.29) is 5.97 Å². The van der Waals surface area contributed by atoms with Crippen LogP contribution in [0.1, 0.15) is 90.4 Å². The van der Waals surface area contributed by atoms with E-state index in [0.717, 1.165) is 25.9 Å². The van der Waals surface area contributed by atoms with Crippen LogP contribution in [0.2, 0.25) is 0 Å². The Hall–Kier alpha value is -0.830. The third-order valence-corrected chi connectivity index (χ3v) is 4.45. The zero-order chi connectivity index (χ0) is 17.9. The van der Waals surface area contributed by atoms with Gasteiger partial charge in [0.1, 0.15) is 0 Å². The van der Waals surface area contributed by atoms with Crippen LogP contribution in [-0.4, -0.2) is 26.8 Å². The van der Waals surface area contributed by atoms with Crippen molar-refractivity contribution in [2.45, 2.75) is 90.4 Å². The highest BCUT2D eigenvalue weighted by Gasteiger charge is 2.04. The van der Waals surface area contributed by atoms with Gasteiger partial charge in [-0.25, -0.2) is 0 Å². The summed E-state index contributed by atoms with van der Waals surface area (Å²) in [6, 6.07) is 0. The first-order chi connectivity index (χ1) is 11.7. The molecule has 0 aromatic carbocycles. The van der Waals surface area contributed by atoms with Gasteiger partial charge >= 0.3 is 5.97 Å². The number of rotatable bonds is 17. The molecule has 0 amide bonds. The highest BCUT2D eigenvalue weighted by atomic mass is 16.5. The summed E-state index contributed by atoms with van der Waals surface area (Å²) in [5.74, 6) is 0.479. The van der Waals surface area contributed by atoms with Gasteiger partial charge in [-0.05, 0) is 25.7 Å². The molecule has 24 heavy (non-hydrogen) atoms. The molecule has 0 fully saturated rings. The molecule has 0 aromatic heterocycles. The lowest BCUT2D eigenvalue weighted by Gasteiger charge is -2.11. The van der Waals surface area contributed by atoms with E-state index >= 15 is 0 Å². The maximum absolute atomic E-state index is 11.0. The minimum atomic E-state index is -0.0907. The summed E-state index contributed by atoms with van der Waals surface area (Å²) < 4.78 is 9.99. The van der Waals surface area contributed by atoms with Crippen molar-refractivity contribution in [2.24, 2.45) is 5.92 Å². The molecule has 0 spiro atoms. The summed E-state index contributed by atoms with van der Waals surface area (Å²) >= 11 is 0. The summed E-state index contributed by atoms with van der Waals surface area (Å²) in [6.07, 6.45) is 20.2. The molecule has 0 aliphatic carbocycles. The Morgan fingerprint density at radius 2 is 1.58 bits per heavy atom. The number of carbonyl (C=O) groups is 1. The van der Waals surface area contributed by atoms with E-state index in [1.807, 2.05) is 0 Å². The molecular formula is C21H40O3. The largest absolute Gasteiger partial charge is 0.469 e. The van der Waals surface area contributed by atoms with Crippen molar-refractivity contribution < 1.29 is 14.3 Å². The SMILES string of the molecule is CCCCCCCC[C@@H](/C=C/CCCCCCC(=O)OC)COC. The standard InChI is InChI=1S/C21H40O3/c1-4-5-6-7-10-13-16-20(19-23-2)17-14-11-8-9-12-15-18-21(22)24-3/h14,17,20H,4-13,15-16,18-19H2,1-3H3/b17-14+/t20-/m0/s1. The van der Waals surface area contributed by atoms with Gasteiger partial charge in [0.2, 0.25) is 0 Å². The number of hydrogen-bond acceptors (Lipinski definition) is 3. The van der Waals surface area contributed by atoms with Crippen LogP contribution in [0.3, 0.4) is 0 Å². The van der Waals surface area contributed by atoms with Crippen molar-refractivity contribution in [1.82, 2.24) is 0 Å². The smallest absolute Gasteiger partial charge is 0.305 e. The molecule has 1 atom stereocenters. The molecule has 0 saturated carbocycles. The molecule has 0 bridgehead atoms. The molecule has 3 nitrogen and oxygen atoms in total. The molecular weight excluding hydrogens is 300 g/mol. The Bertz CT molecular complexity index is 299. The van der Waals surface area contributed by atoms with E-state index in [1.54, 1.807) is 7.11 Å². The third-order valence-electron chi connectivity index (χ3n) is 4.45. The second-order valence-corrected chi connectivity index (χ2v) is 6.73. The zero-order valence-corrected chi connectivity index (χ0v) is 16.4. The summed E-state index contributed by atoms with van der Waals surface area (Å²) in [5.41, 5.74) is 0. The Morgan fingerprint density at radius 1 is 0.917 bits per heavy atom. The van der Waals surface area contributed by atoms with Crippen molar-refractivity contribution in [3.8, 4) is 0 Å². The lowest BCUT2D eigenvalue weighted by molar-refractivity contribution is -0.140. The van der Waals surface area contributed by atoms with E-state index in [4.69, 9.17) is 4.74 Å². The van der Waals surface area contributed by atoms with Crippen molar-refractivity contribution in [2.75, 3.05) is 20.8 Å². The van der Waals surface area contributed by atoms with Gasteiger partial charge in [0.25, 0.3) is 0 Å². The van der Waals surface area contributed by atoms with Crippen LogP contribution < -0.4 is 0 Å². The Kier molecular flexibility index (Phi) is 17.9. The van der Waals surface area contributed by atoms with Crippen LogP contribution in [0.25, 0.3) is 0 Å². The second-order valence-electron chi connectivity index (χ2n) is 6.73. The molecule has 0 rings (SSSR count). The lowest BCUT2D eigenvalue weighted by atomic mass is 9.99. The molecule has 3 heteroatoms. The Balaban J connectivity index is 3.62. The molecule has 0 aliphatic rings. The van der Waals surface area contributed by atoms with Gasteiger partial charge in [-0.15, -0.1) is 0 Å². The fourth-order valence-electron chi connectivity index (χ4n) is 2.91. The second kappa shape index (κ2) is 18.5. The van der Waals surface area contributed by atoms with Crippen LogP contribution in [0.15, 0.2) is 12.2 Å². The van der Waals surface area contributed by atoms with Gasteiger partial charge < -0.3 is 9.47 Å². The molecule has 0 N–H and O–H groups in total. The molecule has 0 unspecified atom stereocenters. The molecule has 0 heterocycles. The van der Waals surface area contributed by atoms with Crippen LogP contribution in [0.5, 0.6) is 0 Å². The van der Waals surface area contributed by atoms with Gasteiger partial charge in [-0.2, -0.15) is 0 Å². The van der Waals surface area contributed by atoms with Crippen molar-refractivity contribution >= 4 is 5.97 Å². The van der Waals surface area contributed by atoms with E-state index in [0.29, 0.717) is 12.3 Å². The molecule has 0 radical (unpaired) electrons. The highest BCUT2D eigenvalue weighted by Crippen LogP contribution is 2.15. The third kappa shape index (κ3) is 16.0. The maximum atomic E-state index is 11.0. The first-order valence-corrected chi connectivity index (χ1v) is 9.97. The predicted molar refractivity (Wildman–Crippen MR) is 102 cm³/mol. The van der Waals surface area contributed by atoms with Crippen molar-refractivity contribution in [3.63, 3.8) is 0 Å². The minimum absolute atomic E-state index is 0.0907. The normalized spacial score (nSPS) is 12.6.